The van der Waals surface area contributed by atoms with Gasteiger partial charge in [0, 0.05) is 6.42 Å². The van der Waals surface area contributed by atoms with Gasteiger partial charge in [0.15, 0.2) is 0 Å². The van der Waals surface area contributed by atoms with E-state index in [1.165, 1.54) is 5.56 Å². The zero-order chi connectivity index (χ0) is 20.0. The van der Waals surface area contributed by atoms with Crippen LogP contribution in [-0.4, -0.2) is 30.0 Å². The molecule has 2 amide bonds. The van der Waals surface area contributed by atoms with E-state index in [0.717, 1.165) is 23.1 Å². The van der Waals surface area contributed by atoms with Gasteiger partial charge in [-0.25, -0.2) is 0 Å². The van der Waals surface area contributed by atoms with Gasteiger partial charge in [-0.05, 0) is 35.6 Å². The van der Waals surface area contributed by atoms with Crippen molar-refractivity contribution in [1.82, 2.24) is 10.6 Å². The first-order chi connectivity index (χ1) is 14.1. The molecule has 0 spiro atoms. The van der Waals surface area contributed by atoms with Crippen LogP contribution in [0.3, 0.4) is 0 Å². The molecule has 1 unspecified atom stereocenters. The topological polar surface area (TPSA) is 82.9 Å². The lowest BCUT2D eigenvalue weighted by Gasteiger charge is -2.23. The van der Waals surface area contributed by atoms with E-state index < -0.39 is 0 Å². The molecule has 2 N–H and O–H groups in total. The molecule has 0 radical (unpaired) electrons. The Morgan fingerprint density at radius 3 is 2.66 bits per heavy atom. The maximum absolute atomic E-state index is 12.6. The van der Waals surface area contributed by atoms with Gasteiger partial charge in [0.05, 0.1) is 24.4 Å². The number of benzene rings is 2. The summed E-state index contributed by atoms with van der Waals surface area (Å²) >= 11 is 0. The fourth-order valence-electron chi connectivity index (χ4n) is 4.48. The number of fused-ring (bicyclic) bond motifs is 3. The molecule has 5 rings (SSSR count). The van der Waals surface area contributed by atoms with Gasteiger partial charge in [-0.2, -0.15) is 0 Å². The van der Waals surface area contributed by atoms with E-state index in [4.69, 9.17) is 0 Å². The highest BCUT2D eigenvalue weighted by Crippen LogP contribution is 2.41. The van der Waals surface area contributed by atoms with Crippen LogP contribution in [-0.2, 0) is 22.4 Å². The van der Waals surface area contributed by atoms with Crippen LogP contribution in [0.2, 0.25) is 0 Å². The highest BCUT2D eigenvalue weighted by molar-refractivity contribution is 6.04. The molecule has 6 nitrogen and oxygen atoms in total. The average Bonchev–Trinajstić information content (AvgIpc) is 3.07. The summed E-state index contributed by atoms with van der Waals surface area (Å²) in [5, 5.41) is 5.80. The molecule has 146 valence electrons. The molecule has 2 aromatic carbocycles. The monoisotopic (exact) mass is 386 g/mol. The second-order valence-corrected chi connectivity index (χ2v) is 7.91. The molecule has 2 heterocycles. The summed E-state index contributed by atoms with van der Waals surface area (Å²) in [6.45, 7) is 2.29. The minimum absolute atomic E-state index is 0.00778. The number of amidine groups is 2. The van der Waals surface area contributed by atoms with Crippen molar-refractivity contribution in [2.24, 2.45) is 15.9 Å². The normalized spacial score (nSPS) is 25.3. The Morgan fingerprint density at radius 2 is 1.86 bits per heavy atom. The molecule has 0 saturated carbocycles. The van der Waals surface area contributed by atoms with Crippen molar-refractivity contribution in [1.29, 1.82) is 0 Å². The lowest BCUT2D eigenvalue weighted by atomic mass is 9.96. The number of nitrogens with one attached hydrogen (secondary N) is 2. The third-order valence-electron chi connectivity index (χ3n) is 5.95. The first-order valence-corrected chi connectivity index (χ1v) is 9.94. The lowest BCUT2D eigenvalue weighted by Crippen LogP contribution is -2.41. The van der Waals surface area contributed by atoms with E-state index in [1.54, 1.807) is 0 Å². The summed E-state index contributed by atoms with van der Waals surface area (Å²) in [4.78, 5) is 34.2. The van der Waals surface area contributed by atoms with Gasteiger partial charge in [0.1, 0.15) is 11.7 Å². The standard InChI is InChI=1S/C23H22N4O2/c1-13-25-21-17-9-14(7-8-16(17)11-18(21)22(28)26-13)10-20-24-12-19(23(29)27-20)15-5-3-2-4-6-15/h2-9,18-19,21H,10-12H2,1H3,(H,24,27,29)(H,25,26,28)/t18-,19?,21+/m1/s1. The van der Waals surface area contributed by atoms with E-state index in [0.29, 0.717) is 24.6 Å². The largest absolute Gasteiger partial charge is 0.314 e. The Bertz CT molecular complexity index is 1060. The van der Waals surface area contributed by atoms with E-state index in [1.807, 2.05) is 37.3 Å². The van der Waals surface area contributed by atoms with Crippen molar-refractivity contribution < 1.29 is 9.59 Å². The van der Waals surface area contributed by atoms with Crippen molar-refractivity contribution in [2.75, 3.05) is 6.54 Å². The van der Waals surface area contributed by atoms with Crippen molar-refractivity contribution in [3.8, 4) is 0 Å². The van der Waals surface area contributed by atoms with Gasteiger partial charge in [-0.1, -0.05) is 48.5 Å². The number of amides is 2. The number of hydrogen-bond acceptors (Lipinski definition) is 4. The van der Waals surface area contributed by atoms with Crippen molar-refractivity contribution in [3.05, 3.63) is 70.8 Å². The first-order valence-electron chi connectivity index (χ1n) is 9.94. The molecule has 2 aliphatic heterocycles. The molecule has 1 aliphatic carbocycles. The minimum atomic E-state index is -0.237. The van der Waals surface area contributed by atoms with Crippen LogP contribution in [0.15, 0.2) is 58.5 Å². The Kier molecular flexibility index (Phi) is 4.27. The highest BCUT2D eigenvalue weighted by atomic mass is 16.2. The Morgan fingerprint density at radius 1 is 1.03 bits per heavy atom. The molecule has 3 atom stereocenters. The third-order valence-corrected chi connectivity index (χ3v) is 5.95. The van der Waals surface area contributed by atoms with Crippen LogP contribution in [0, 0.1) is 5.92 Å². The summed E-state index contributed by atoms with van der Waals surface area (Å²) in [6.07, 6.45) is 1.28. The highest BCUT2D eigenvalue weighted by Gasteiger charge is 2.40. The van der Waals surface area contributed by atoms with Crippen LogP contribution >= 0.6 is 0 Å². The Balaban J connectivity index is 1.35. The molecule has 3 aliphatic rings. The van der Waals surface area contributed by atoms with Crippen molar-refractivity contribution >= 4 is 23.5 Å². The summed E-state index contributed by atoms with van der Waals surface area (Å²) < 4.78 is 0. The maximum Gasteiger partial charge on any atom is 0.234 e. The Hall–Kier alpha value is -3.28. The molecular weight excluding hydrogens is 364 g/mol. The smallest absolute Gasteiger partial charge is 0.234 e. The number of rotatable bonds is 3. The predicted octanol–water partition coefficient (Wildman–Crippen LogP) is 2.30. The van der Waals surface area contributed by atoms with Crippen LogP contribution in [0.25, 0.3) is 0 Å². The molecule has 0 saturated heterocycles. The third kappa shape index (κ3) is 3.24. The van der Waals surface area contributed by atoms with Gasteiger partial charge in [0.2, 0.25) is 11.8 Å². The van der Waals surface area contributed by atoms with Crippen molar-refractivity contribution in [3.63, 3.8) is 0 Å². The molecule has 0 fully saturated rings. The minimum Gasteiger partial charge on any atom is -0.314 e. The van der Waals surface area contributed by atoms with Crippen LogP contribution < -0.4 is 10.6 Å². The van der Waals surface area contributed by atoms with Gasteiger partial charge in [-0.15, -0.1) is 0 Å². The molecule has 29 heavy (non-hydrogen) atoms. The van der Waals surface area contributed by atoms with E-state index >= 15 is 0 Å². The molecular formula is C23H22N4O2. The van der Waals surface area contributed by atoms with E-state index in [-0.39, 0.29) is 29.7 Å². The van der Waals surface area contributed by atoms with Gasteiger partial charge in [-0.3, -0.25) is 19.6 Å². The quantitative estimate of drug-likeness (QED) is 0.849. The number of hydrogen-bond donors (Lipinski definition) is 2. The second-order valence-electron chi connectivity index (χ2n) is 7.91. The van der Waals surface area contributed by atoms with Crippen LogP contribution in [0.1, 0.15) is 41.1 Å². The fourth-order valence-corrected chi connectivity index (χ4v) is 4.48. The first kappa shape index (κ1) is 17.8. The van der Waals surface area contributed by atoms with Crippen molar-refractivity contribution in [2.45, 2.75) is 31.7 Å². The number of carbonyl (C=O) groups is 2. The van der Waals surface area contributed by atoms with Crippen LogP contribution in [0.5, 0.6) is 0 Å². The number of nitrogens with zero attached hydrogens (tertiary/aromatic N) is 2. The second kappa shape index (κ2) is 6.95. The van der Waals surface area contributed by atoms with E-state index in [9.17, 15) is 9.59 Å². The van der Waals surface area contributed by atoms with Gasteiger partial charge >= 0.3 is 0 Å². The maximum atomic E-state index is 12.6. The molecule has 6 heteroatoms. The van der Waals surface area contributed by atoms with Gasteiger partial charge in [0.25, 0.3) is 0 Å². The molecule has 2 aromatic rings. The zero-order valence-electron chi connectivity index (χ0n) is 16.2. The lowest BCUT2D eigenvalue weighted by molar-refractivity contribution is -0.124. The van der Waals surface area contributed by atoms with E-state index in [2.05, 4.69) is 38.8 Å². The Labute approximate surface area is 169 Å². The fraction of sp³-hybridized carbons (Fsp3) is 0.304. The molecule has 0 bridgehead atoms. The summed E-state index contributed by atoms with van der Waals surface area (Å²) in [7, 11) is 0. The zero-order valence-corrected chi connectivity index (χ0v) is 16.2. The van der Waals surface area contributed by atoms with Gasteiger partial charge < -0.3 is 10.6 Å². The predicted molar refractivity (Wildman–Crippen MR) is 111 cm³/mol. The number of aliphatic imine (C=N–C) groups is 2. The SMILES string of the molecule is CC1=N[C@H]2c3cc(CC4=NCC(c5ccccc5)C(=O)N4)ccc3C[C@H]2C(=O)N1. The molecule has 0 aromatic heterocycles. The summed E-state index contributed by atoms with van der Waals surface area (Å²) in [6, 6.07) is 15.9. The summed E-state index contributed by atoms with van der Waals surface area (Å²) in [5.41, 5.74) is 4.35. The summed E-state index contributed by atoms with van der Waals surface area (Å²) in [5.74, 6) is 1.05. The number of carbonyl (C=O) groups excluding carboxylic acids is 2. The van der Waals surface area contributed by atoms with Crippen LogP contribution in [0.4, 0.5) is 0 Å². The average molecular weight is 386 g/mol.